The highest BCUT2D eigenvalue weighted by Gasteiger charge is 2.23. The number of aromatic nitrogens is 1. The van der Waals surface area contributed by atoms with Gasteiger partial charge in [0.15, 0.2) is 0 Å². The maximum atomic E-state index is 12.9. The Kier molecular flexibility index (Phi) is 6.31. The molecule has 0 radical (unpaired) electrons. The molecule has 2 heterocycles. The lowest BCUT2D eigenvalue weighted by Crippen LogP contribution is -2.13. The first kappa shape index (κ1) is 23.0. The molecular weight excluding hydrogens is 450 g/mol. The van der Waals surface area contributed by atoms with Crippen LogP contribution < -0.4 is 5.32 Å². The van der Waals surface area contributed by atoms with Gasteiger partial charge >= 0.3 is 0 Å². The molecule has 34 heavy (non-hydrogen) atoms. The number of hydrogen-bond donors (Lipinski definition) is 1. The second kappa shape index (κ2) is 9.34. The minimum Gasteiger partial charge on any atom is -0.318 e. The molecule has 0 saturated carbocycles. The van der Waals surface area contributed by atoms with Crippen LogP contribution in [0.5, 0.6) is 0 Å². The number of nitriles is 2. The first-order valence-electron chi connectivity index (χ1n) is 10.8. The van der Waals surface area contributed by atoms with E-state index in [1.54, 1.807) is 12.1 Å². The number of anilines is 1. The van der Waals surface area contributed by atoms with Crippen LogP contribution in [0, 0.1) is 46.6 Å². The molecule has 0 unspecified atom stereocenters. The molecule has 0 spiro atoms. The molecule has 1 aliphatic carbocycles. The highest BCUT2D eigenvalue weighted by atomic mass is 32.1. The van der Waals surface area contributed by atoms with Crippen molar-refractivity contribution in [3.8, 4) is 17.8 Å². The van der Waals surface area contributed by atoms with Crippen LogP contribution in [0.4, 0.5) is 10.7 Å². The molecule has 0 aliphatic heterocycles. The molecule has 9 heteroatoms. The van der Waals surface area contributed by atoms with E-state index < -0.39 is 10.8 Å². The van der Waals surface area contributed by atoms with Crippen LogP contribution in [0.2, 0.25) is 0 Å². The van der Waals surface area contributed by atoms with E-state index >= 15 is 0 Å². The Morgan fingerprint density at radius 1 is 1.24 bits per heavy atom. The number of carbonyl (C=O) groups is 1. The summed E-state index contributed by atoms with van der Waals surface area (Å²) in [5, 5.41) is 33.7. The van der Waals surface area contributed by atoms with Crippen LogP contribution in [-0.4, -0.2) is 15.4 Å². The van der Waals surface area contributed by atoms with Crippen molar-refractivity contribution in [1.29, 1.82) is 10.5 Å². The predicted molar refractivity (Wildman–Crippen MR) is 130 cm³/mol. The molecule has 0 bridgehead atoms. The van der Waals surface area contributed by atoms with Gasteiger partial charge in [-0.2, -0.15) is 10.5 Å². The molecule has 4 rings (SSSR count). The number of nitro groups is 1. The molecule has 1 aliphatic rings. The Hall–Kier alpha value is -4.21. The van der Waals surface area contributed by atoms with Gasteiger partial charge in [0.05, 0.1) is 16.2 Å². The molecular formula is C25H21N5O3S. The Labute approximate surface area is 200 Å². The Morgan fingerprint density at radius 2 is 2.00 bits per heavy atom. The molecule has 3 aromatic rings. The molecule has 0 saturated heterocycles. The van der Waals surface area contributed by atoms with Gasteiger partial charge in [-0.15, -0.1) is 11.3 Å². The molecule has 1 N–H and O–H groups in total. The number of aryl methyl sites for hydroxylation is 2. The van der Waals surface area contributed by atoms with E-state index in [2.05, 4.69) is 11.4 Å². The van der Waals surface area contributed by atoms with Crippen LogP contribution in [-0.2, 0) is 17.6 Å². The van der Waals surface area contributed by atoms with E-state index in [0.29, 0.717) is 21.8 Å². The third kappa shape index (κ3) is 4.21. The van der Waals surface area contributed by atoms with Gasteiger partial charge in [-0.05, 0) is 68.9 Å². The summed E-state index contributed by atoms with van der Waals surface area (Å²) in [7, 11) is 0. The zero-order valence-corrected chi connectivity index (χ0v) is 19.5. The second-order valence-corrected chi connectivity index (χ2v) is 9.19. The number of non-ortho nitro benzene ring substituents is 1. The van der Waals surface area contributed by atoms with Crippen molar-refractivity contribution in [2.75, 3.05) is 5.32 Å². The molecule has 0 atom stereocenters. The van der Waals surface area contributed by atoms with Gasteiger partial charge in [-0.1, -0.05) is 6.07 Å². The van der Waals surface area contributed by atoms with Crippen molar-refractivity contribution in [3.05, 3.63) is 79.0 Å². The lowest BCUT2D eigenvalue weighted by atomic mass is 9.96. The summed E-state index contributed by atoms with van der Waals surface area (Å²) in [4.78, 5) is 24.8. The van der Waals surface area contributed by atoms with E-state index in [1.807, 2.05) is 30.6 Å². The first-order chi connectivity index (χ1) is 16.3. The van der Waals surface area contributed by atoms with Gasteiger partial charge in [0.1, 0.15) is 22.7 Å². The number of nitro benzene ring substituents is 1. The smallest absolute Gasteiger partial charge is 0.271 e. The minimum atomic E-state index is -0.572. The zero-order chi connectivity index (χ0) is 24.4. The fourth-order valence-electron chi connectivity index (χ4n) is 4.32. The number of benzene rings is 1. The average molecular weight is 472 g/mol. The quantitative estimate of drug-likeness (QED) is 0.232. The van der Waals surface area contributed by atoms with Crippen LogP contribution in [0.3, 0.4) is 0 Å². The fourth-order valence-corrected chi connectivity index (χ4v) is 5.56. The SMILES string of the molecule is Cc1cc(/C=C(\C#N)C(=O)Nc2sc3c(c2C#N)CCCC3)c(C)n1-c1cccc([N+](=O)[O-])c1. The number of nitrogens with zero attached hydrogens (tertiary/aromatic N) is 4. The van der Waals surface area contributed by atoms with E-state index in [9.17, 15) is 25.4 Å². The van der Waals surface area contributed by atoms with E-state index in [-0.39, 0.29) is 11.3 Å². The normalized spacial score (nSPS) is 13.0. The molecule has 0 fully saturated rings. The zero-order valence-electron chi connectivity index (χ0n) is 18.7. The van der Waals surface area contributed by atoms with Gasteiger partial charge in [0.25, 0.3) is 11.6 Å². The summed E-state index contributed by atoms with van der Waals surface area (Å²) in [6.45, 7) is 3.68. The van der Waals surface area contributed by atoms with Crippen molar-refractivity contribution < 1.29 is 9.72 Å². The van der Waals surface area contributed by atoms with Gasteiger partial charge < -0.3 is 9.88 Å². The van der Waals surface area contributed by atoms with Crippen molar-refractivity contribution in [2.24, 2.45) is 0 Å². The topological polar surface area (TPSA) is 125 Å². The number of hydrogen-bond acceptors (Lipinski definition) is 6. The number of amides is 1. The Bertz CT molecular complexity index is 1430. The third-order valence-electron chi connectivity index (χ3n) is 5.94. The summed E-state index contributed by atoms with van der Waals surface area (Å²) in [6.07, 6.45) is 5.32. The van der Waals surface area contributed by atoms with Gasteiger partial charge in [0, 0.05) is 28.4 Å². The highest BCUT2D eigenvalue weighted by Crippen LogP contribution is 2.38. The Morgan fingerprint density at radius 3 is 2.71 bits per heavy atom. The lowest BCUT2D eigenvalue weighted by molar-refractivity contribution is -0.384. The number of thiophene rings is 1. The van der Waals surface area contributed by atoms with Crippen LogP contribution in [0.15, 0.2) is 35.9 Å². The molecule has 1 aromatic carbocycles. The summed E-state index contributed by atoms with van der Waals surface area (Å²) in [5.41, 5.74) is 4.21. The number of nitrogens with one attached hydrogen (secondary N) is 1. The second-order valence-electron chi connectivity index (χ2n) is 8.09. The van der Waals surface area contributed by atoms with E-state index in [0.717, 1.165) is 47.5 Å². The van der Waals surface area contributed by atoms with E-state index in [4.69, 9.17) is 0 Å². The van der Waals surface area contributed by atoms with Gasteiger partial charge in [0.2, 0.25) is 0 Å². The van der Waals surface area contributed by atoms with Crippen molar-refractivity contribution in [2.45, 2.75) is 39.5 Å². The van der Waals surface area contributed by atoms with Crippen molar-refractivity contribution in [1.82, 2.24) is 4.57 Å². The molecule has 2 aromatic heterocycles. The third-order valence-corrected chi connectivity index (χ3v) is 7.15. The lowest BCUT2D eigenvalue weighted by Gasteiger charge is -2.09. The standard InChI is InChI=1S/C25H21N5O3S/c1-15-10-17(16(2)29(15)19-6-5-7-20(12-19)30(32)33)11-18(13-26)24(31)28-25-22(14-27)21-8-3-4-9-23(21)34-25/h5-7,10-12H,3-4,8-9H2,1-2H3,(H,28,31)/b18-11+. The molecule has 1 amide bonds. The number of carbonyl (C=O) groups excluding carboxylic acids is 1. The maximum Gasteiger partial charge on any atom is 0.271 e. The average Bonchev–Trinajstić information content (AvgIpc) is 3.32. The van der Waals surface area contributed by atoms with Crippen LogP contribution in [0.25, 0.3) is 11.8 Å². The molecule has 170 valence electrons. The van der Waals surface area contributed by atoms with Crippen molar-refractivity contribution in [3.63, 3.8) is 0 Å². The predicted octanol–water partition coefficient (Wildman–Crippen LogP) is 5.36. The maximum absolute atomic E-state index is 12.9. The Balaban J connectivity index is 1.66. The van der Waals surface area contributed by atoms with Gasteiger partial charge in [-0.3, -0.25) is 14.9 Å². The van der Waals surface area contributed by atoms with E-state index in [1.165, 1.54) is 29.5 Å². The molecule has 8 nitrogen and oxygen atoms in total. The van der Waals surface area contributed by atoms with Gasteiger partial charge in [-0.25, -0.2) is 0 Å². The highest BCUT2D eigenvalue weighted by molar-refractivity contribution is 7.16. The van der Waals surface area contributed by atoms with Crippen LogP contribution >= 0.6 is 11.3 Å². The monoisotopic (exact) mass is 471 g/mol. The summed E-state index contributed by atoms with van der Waals surface area (Å²) < 4.78 is 1.84. The summed E-state index contributed by atoms with van der Waals surface area (Å²) in [6, 6.07) is 12.3. The fraction of sp³-hybridized carbons (Fsp3) is 0.240. The summed E-state index contributed by atoms with van der Waals surface area (Å²) in [5.74, 6) is -0.572. The number of fused-ring (bicyclic) bond motifs is 1. The van der Waals surface area contributed by atoms with Crippen LogP contribution in [0.1, 0.15) is 45.8 Å². The minimum absolute atomic E-state index is 0.0221. The summed E-state index contributed by atoms with van der Waals surface area (Å²) >= 11 is 1.41. The van der Waals surface area contributed by atoms with Crippen molar-refractivity contribution >= 4 is 34.0 Å². The largest absolute Gasteiger partial charge is 0.318 e. The number of rotatable bonds is 5. The first-order valence-corrected chi connectivity index (χ1v) is 11.6.